The third kappa shape index (κ3) is 4.00. The van der Waals surface area contributed by atoms with E-state index in [1.165, 1.54) is 6.92 Å². The van der Waals surface area contributed by atoms with E-state index in [4.69, 9.17) is 4.74 Å². The molecule has 2 aliphatic rings. The molecule has 2 N–H and O–H groups in total. The van der Waals surface area contributed by atoms with Crippen molar-refractivity contribution in [2.24, 2.45) is 5.92 Å². The van der Waals surface area contributed by atoms with Crippen molar-refractivity contribution < 1.29 is 23.5 Å². The third-order valence-corrected chi connectivity index (χ3v) is 9.34. The van der Waals surface area contributed by atoms with Crippen LogP contribution in [0.25, 0.3) is 0 Å². The lowest BCUT2D eigenvalue weighted by Gasteiger charge is -2.31. The standard InChI is InChI=1S/C25H31FN2O4Si/c1-16-23(33(3,4)26)22(12-13-29)32-25(16)20-14-19(27-17(2)30)10-11-21(20)28(24(25)31)15-18-8-6-5-7-9-18/h5-11,14,16,22-23,29H,12-13,15H2,1-4H3,(H,27,30)/t16-,22+,23-,25+/m1/s1. The Morgan fingerprint density at radius 3 is 2.55 bits per heavy atom. The maximum Gasteiger partial charge on any atom is 0.264 e. The molecule has 176 valence electrons. The Hall–Kier alpha value is -2.55. The van der Waals surface area contributed by atoms with Gasteiger partial charge in [-0.2, -0.15) is 0 Å². The molecule has 2 amide bonds. The van der Waals surface area contributed by atoms with Crippen LogP contribution in [0.5, 0.6) is 0 Å². The fraction of sp³-hybridized carbons (Fsp3) is 0.440. The van der Waals surface area contributed by atoms with Crippen LogP contribution in [0.4, 0.5) is 15.5 Å². The molecule has 0 aliphatic carbocycles. The molecular weight excluding hydrogens is 439 g/mol. The van der Waals surface area contributed by atoms with Crippen LogP contribution >= 0.6 is 0 Å². The predicted octanol–water partition coefficient (Wildman–Crippen LogP) is 4.35. The lowest BCUT2D eigenvalue weighted by molar-refractivity contribution is -0.146. The van der Waals surface area contributed by atoms with E-state index in [2.05, 4.69) is 5.32 Å². The molecule has 4 atom stereocenters. The van der Waals surface area contributed by atoms with E-state index in [1.54, 1.807) is 30.1 Å². The van der Waals surface area contributed by atoms with Gasteiger partial charge < -0.3 is 24.2 Å². The average Bonchev–Trinajstić information content (AvgIpc) is 3.16. The smallest absolute Gasteiger partial charge is 0.264 e. The van der Waals surface area contributed by atoms with Crippen molar-refractivity contribution in [3.8, 4) is 0 Å². The van der Waals surface area contributed by atoms with Crippen LogP contribution in [0.15, 0.2) is 48.5 Å². The number of nitrogens with zero attached hydrogens (tertiary/aromatic N) is 1. The minimum Gasteiger partial charge on any atom is -0.396 e. The van der Waals surface area contributed by atoms with Crippen molar-refractivity contribution in [1.29, 1.82) is 0 Å². The molecule has 1 spiro atoms. The van der Waals surface area contributed by atoms with Gasteiger partial charge in [-0.3, -0.25) is 9.59 Å². The molecule has 0 aromatic heterocycles. The second-order valence-electron chi connectivity index (χ2n) is 9.57. The van der Waals surface area contributed by atoms with Gasteiger partial charge in [-0.25, -0.2) is 0 Å². The first-order valence-corrected chi connectivity index (χ1v) is 14.3. The third-order valence-electron chi connectivity index (χ3n) is 6.88. The number of benzene rings is 2. The number of hydrogen-bond acceptors (Lipinski definition) is 4. The van der Waals surface area contributed by atoms with Gasteiger partial charge in [-0.15, -0.1) is 0 Å². The van der Waals surface area contributed by atoms with E-state index in [0.29, 0.717) is 23.5 Å². The van der Waals surface area contributed by atoms with Crippen molar-refractivity contribution in [2.45, 2.75) is 57.2 Å². The number of aliphatic hydroxyl groups is 1. The number of ether oxygens (including phenoxy) is 1. The molecule has 4 rings (SSSR count). The lowest BCUT2D eigenvalue weighted by atomic mass is 9.82. The average molecular weight is 471 g/mol. The highest BCUT2D eigenvalue weighted by Gasteiger charge is 2.66. The Bertz CT molecular complexity index is 1060. The van der Waals surface area contributed by atoms with Crippen molar-refractivity contribution in [3.63, 3.8) is 0 Å². The molecule has 0 radical (unpaired) electrons. The van der Waals surface area contributed by atoms with Gasteiger partial charge in [0.1, 0.15) is 0 Å². The van der Waals surface area contributed by atoms with Crippen LogP contribution in [0.3, 0.4) is 0 Å². The van der Waals surface area contributed by atoms with E-state index >= 15 is 4.11 Å². The van der Waals surface area contributed by atoms with Crippen molar-refractivity contribution in [1.82, 2.24) is 0 Å². The zero-order chi connectivity index (χ0) is 24.0. The molecule has 2 aromatic rings. The summed E-state index contributed by atoms with van der Waals surface area (Å²) in [6, 6.07) is 15.0. The lowest BCUT2D eigenvalue weighted by Crippen LogP contribution is -2.45. The molecule has 0 bridgehead atoms. The molecule has 33 heavy (non-hydrogen) atoms. The summed E-state index contributed by atoms with van der Waals surface area (Å²) in [5.74, 6) is -0.874. The second kappa shape index (κ2) is 8.66. The summed E-state index contributed by atoms with van der Waals surface area (Å²) in [6.45, 7) is 6.79. The largest absolute Gasteiger partial charge is 0.396 e. The van der Waals surface area contributed by atoms with Crippen LogP contribution < -0.4 is 10.2 Å². The van der Waals surface area contributed by atoms with Gasteiger partial charge in [-0.05, 0) is 43.3 Å². The molecule has 2 heterocycles. The molecule has 2 aromatic carbocycles. The fourth-order valence-electron chi connectivity index (χ4n) is 5.65. The number of hydrogen-bond donors (Lipinski definition) is 2. The Labute approximate surface area is 194 Å². The zero-order valence-corrected chi connectivity index (χ0v) is 20.5. The molecule has 0 saturated carbocycles. The summed E-state index contributed by atoms with van der Waals surface area (Å²) in [5.41, 5.74) is 1.05. The summed E-state index contributed by atoms with van der Waals surface area (Å²) in [7, 11) is -3.24. The Morgan fingerprint density at radius 2 is 1.94 bits per heavy atom. The van der Waals surface area contributed by atoms with Gasteiger partial charge in [0.25, 0.3) is 5.91 Å². The van der Waals surface area contributed by atoms with Gasteiger partial charge in [0.15, 0.2) is 5.60 Å². The predicted molar refractivity (Wildman–Crippen MR) is 128 cm³/mol. The number of carbonyl (C=O) groups excluding carboxylic acids is 2. The summed E-state index contributed by atoms with van der Waals surface area (Å²) >= 11 is 0. The number of halogens is 1. The highest BCUT2D eigenvalue weighted by atomic mass is 28.4. The van der Waals surface area contributed by atoms with Gasteiger partial charge >= 0.3 is 0 Å². The van der Waals surface area contributed by atoms with Crippen molar-refractivity contribution in [2.75, 3.05) is 16.8 Å². The molecule has 8 heteroatoms. The molecular formula is C25H31FN2O4Si. The topological polar surface area (TPSA) is 78.9 Å². The second-order valence-corrected chi connectivity index (χ2v) is 13.4. The van der Waals surface area contributed by atoms with Gasteiger partial charge in [0.05, 0.1) is 18.3 Å². The summed E-state index contributed by atoms with van der Waals surface area (Å²) < 4.78 is 22.0. The van der Waals surface area contributed by atoms with E-state index in [-0.39, 0.29) is 24.8 Å². The normalized spacial score (nSPS) is 26.7. The first-order chi connectivity index (χ1) is 15.6. The highest BCUT2D eigenvalue weighted by Crippen LogP contribution is 2.60. The Balaban J connectivity index is 1.86. The number of carbonyl (C=O) groups is 2. The molecule has 6 nitrogen and oxygen atoms in total. The maximum atomic E-state index is 15.5. The van der Waals surface area contributed by atoms with E-state index < -0.39 is 31.6 Å². The van der Waals surface area contributed by atoms with E-state index in [1.807, 2.05) is 43.3 Å². The number of aliphatic hydroxyl groups excluding tert-OH is 1. The molecule has 1 fully saturated rings. The first-order valence-electron chi connectivity index (χ1n) is 11.3. The number of amides is 2. The molecule has 2 aliphatic heterocycles. The van der Waals surface area contributed by atoms with Gasteiger partial charge in [0, 0.05) is 36.2 Å². The Morgan fingerprint density at radius 1 is 1.24 bits per heavy atom. The summed E-state index contributed by atoms with van der Waals surface area (Å²) in [4.78, 5) is 27.5. The van der Waals surface area contributed by atoms with Crippen LogP contribution in [-0.4, -0.2) is 38.0 Å². The Kier molecular flexibility index (Phi) is 6.20. The maximum absolute atomic E-state index is 15.5. The number of rotatable bonds is 6. The summed E-state index contributed by atoms with van der Waals surface area (Å²) in [6.07, 6.45) is -0.293. The van der Waals surface area contributed by atoms with Crippen LogP contribution in [0.2, 0.25) is 18.6 Å². The number of anilines is 2. The van der Waals surface area contributed by atoms with Crippen molar-refractivity contribution >= 4 is 31.6 Å². The molecule has 1 saturated heterocycles. The van der Waals surface area contributed by atoms with Crippen LogP contribution in [0.1, 0.15) is 31.4 Å². The highest BCUT2D eigenvalue weighted by molar-refractivity contribution is 6.72. The van der Waals surface area contributed by atoms with Crippen LogP contribution in [0, 0.1) is 5.92 Å². The van der Waals surface area contributed by atoms with E-state index in [0.717, 1.165) is 5.56 Å². The van der Waals surface area contributed by atoms with Crippen LogP contribution in [-0.2, 0) is 26.5 Å². The first kappa shape index (κ1) is 23.6. The molecule has 0 unspecified atom stereocenters. The van der Waals surface area contributed by atoms with Crippen molar-refractivity contribution in [3.05, 3.63) is 59.7 Å². The van der Waals surface area contributed by atoms with E-state index in [9.17, 15) is 14.7 Å². The van der Waals surface area contributed by atoms with Gasteiger partial charge in [0.2, 0.25) is 14.3 Å². The number of nitrogens with one attached hydrogen (secondary N) is 1. The minimum atomic E-state index is -3.24. The van der Waals surface area contributed by atoms with Gasteiger partial charge in [-0.1, -0.05) is 37.3 Å². The fourth-order valence-corrected chi connectivity index (χ4v) is 8.19. The SMILES string of the molecule is CC(=O)Nc1ccc2c(c1)[C@]1(O[C@@H](CCO)[C@H]([Si](C)(C)F)[C@H]1C)C(=O)N2Cc1ccccc1. The quantitative estimate of drug-likeness (QED) is 0.486. The minimum absolute atomic E-state index is 0.144. The monoisotopic (exact) mass is 470 g/mol. The number of fused-ring (bicyclic) bond motifs is 2. The summed E-state index contributed by atoms with van der Waals surface area (Å²) in [5, 5.41) is 12.4. The zero-order valence-electron chi connectivity index (χ0n) is 19.5.